The molecule has 12 heteroatoms. The first-order valence-corrected chi connectivity index (χ1v) is 8.98. The number of amides is 1. The summed E-state index contributed by atoms with van der Waals surface area (Å²) >= 11 is 0. The Kier molecular flexibility index (Phi) is 5.98. The lowest BCUT2D eigenvalue weighted by atomic mass is 10.3. The number of aromatic hydroxyl groups is 1. The Bertz CT molecular complexity index is 770. The molecule has 146 valence electrons. The Morgan fingerprint density at radius 3 is 2.69 bits per heavy atom. The van der Waals surface area contributed by atoms with Crippen molar-refractivity contribution in [3.05, 3.63) is 18.2 Å². The number of sulfonamides is 1. The monoisotopic (exact) mass is 397 g/mol. The number of nitrogens with zero attached hydrogens (tertiary/aromatic N) is 2. The highest BCUT2D eigenvalue weighted by Crippen LogP contribution is 2.36. The van der Waals surface area contributed by atoms with E-state index in [4.69, 9.17) is 0 Å². The fourth-order valence-electron chi connectivity index (χ4n) is 2.41. The Morgan fingerprint density at radius 2 is 2.08 bits per heavy atom. The van der Waals surface area contributed by atoms with Gasteiger partial charge in [-0.1, -0.05) is 6.07 Å². The molecule has 1 aliphatic rings. The molecular weight excluding hydrogens is 379 g/mol. The second kappa shape index (κ2) is 7.68. The number of nitrogens with one attached hydrogen (secondary N) is 1. The average molecular weight is 397 g/mol. The van der Waals surface area contributed by atoms with Crippen molar-refractivity contribution in [3.63, 3.8) is 0 Å². The number of hydrogen-bond donors (Lipinski definition) is 2. The van der Waals surface area contributed by atoms with Crippen LogP contribution >= 0.6 is 0 Å². The predicted molar refractivity (Wildman–Crippen MR) is 84.1 cm³/mol. The van der Waals surface area contributed by atoms with Crippen molar-refractivity contribution in [2.75, 3.05) is 39.8 Å². The number of piperazine rings is 1. The van der Waals surface area contributed by atoms with Crippen LogP contribution in [0.2, 0.25) is 0 Å². The van der Waals surface area contributed by atoms with E-state index < -0.39 is 32.8 Å². The molecule has 2 N–H and O–H groups in total. The first-order valence-electron chi connectivity index (χ1n) is 7.54. The third-order valence-corrected chi connectivity index (χ3v) is 5.63. The summed E-state index contributed by atoms with van der Waals surface area (Å²) in [7, 11) is -3.29. The molecule has 0 aromatic heterocycles. The van der Waals surface area contributed by atoms with Gasteiger partial charge in [0.15, 0.2) is 10.6 Å². The van der Waals surface area contributed by atoms with Crippen molar-refractivity contribution in [1.82, 2.24) is 14.5 Å². The third kappa shape index (κ3) is 4.99. The lowest BCUT2D eigenvalue weighted by Crippen LogP contribution is -2.49. The number of carbonyl (C=O) groups excluding carboxylic acids is 1. The fraction of sp³-hybridized carbons (Fsp3) is 0.500. The Morgan fingerprint density at radius 1 is 1.38 bits per heavy atom. The first kappa shape index (κ1) is 20.3. The minimum absolute atomic E-state index is 0.0879. The van der Waals surface area contributed by atoms with Crippen LogP contribution in [0.25, 0.3) is 0 Å². The normalized spacial score (nSPS) is 16.6. The summed E-state index contributed by atoms with van der Waals surface area (Å²) in [5.41, 5.74) is 0. The molecule has 1 amide bonds. The van der Waals surface area contributed by atoms with Gasteiger partial charge in [0.2, 0.25) is 15.9 Å². The summed E-state index contributed by atoms with van der Waals surface area (Å²) in [5.74, 6) is -2.05. The number of hydrogen-bond acceptors (Lipinski definition) is 6. The number of ether oxygens (including phenoxy) is 1. The second-order valence-electron chi connectivity index (χ2n) is 5.60. The Hall–Kier alpha value is -2.05. The van der Waals surface area contributed by atoms with Gasteiger partial charge in [0, 0.05) is 33.2 Å². The van der Waals surface area contributed by atoms with Crippen molar-refractivity contribution >= 4 is 15.9 Å². The molecule has 1 heterocycles. The lowest BCUT2D eigenvalue weighted by molar-refractivity contribution is -0.275. The van der Waals surface area contributed by atoms with Crippen LogP contribution in [0.5, 0.6) is 11.5 Å². The van der Waals surface area contributed by atoms with E-state index in [1.165, 1.54) is 7.05 Å². The molecule has 0 spiro atoms. The number of carbonyl (C=O) groups is 1. The van der Waals surface area contributed by atoms with E-state index in [9.17, 15) is 31.5 Å². The minimum Gasteiger partial charge on any atom is -0.506 e. The van der Waals surface area contributed by atoms with Crippen molar-refractivity contribution < 1.29 is 36.2 Å². The van der Waals surface area contributed by atoms with Crippen LogP contribution in [0.3, 0.4) is 0 Å². The zero-order valence-electron chi connectivity index (χ0n) is 13.8. The average Bonchev–Trinajstić information content (AvgIpc) is 2.50. The van der Waals surface area contributed by atoms with Crippen molar-refractivity contribution in [3.8, 4) is 11.5 Å². The summed E-state index contributed by atoms with van der Waals surface area (Å²) in [5, 5.41) is 12.4. The molecule has 1 aliphatic heterocycles. The molecule has 1 saturated heterocycles. The van der Waals surface area contributed by atoms with E-state index in [0.717, 1.165) is 22.5 Å². The number of likely N-dealkylation sites (N-methyl/N-ethyl adjacent to an activating group) is 1. The molecule has 8 nitrogen and oxygen atoms in total. The predicted octanol–water partition coefficient (Wildman–Crippen LogP) is 0.343. The highest BCUT2D eigenvalue weighted by atomic mass is 32.2. The summed E-state index contributed by atoms with van der Waals surface area (Å²) in [6.45, 7) is 1.17. The van der Waals surface area contributed by atoms with Crippen LogP contribution < -0.4 is 10.1 Å². The van der Waals surface area contributed by atoms with Crippen LogP contribution in [0, 0.1) is 0 Å². The summed E-state index contributed by atoms with van der Waals surface area (Å²) in [6, 6.07) is 2.81. The Balaban J connectivity index is 2.19. The highest BCUT2D eigenvalue weighted by molar-refractivity contribution is 7.89. The molecule has 2 rings (SSSR count). The SMILES string of the molecule is CN(CCN1CCNC(=O)C1)S(=O)(=O)c1c(O)cccc1OC(F)(F)F. The smallest absolute Gasteiger partial charge is 0.506 e. The van der Waals surface area contributed by atoms with Crippen LogP contribution in [0.1, 0.15) is 0 Å². The van der Waals surface area contributed by atoms with Crippen molar-refractivity contribution in [1.29, 1.82) is 0 Å². The van der Waals surface area contributed by atoms with Gasteiger partial charge in [0.05, 0.1) is 6.54 Å². The molecule has 0 bridgehead atoms. The number of benzene rings is 1. The maximum Gasteiger partial charge on any atom is 0.573 e. The number of phenols is 1. The van der Waals surface area contributed by atoms with E-state index in [1.54, 1.807) is 4.90 Å². The number of rotatable bonds is 6. The van der Waals surface area contributed by atoms with Gasteiger partial charge >= 0.3 is 6.36 Å². The summed E-state index contributed by atoms with van der Waals surface area (Å²) < 4.78 is 67.3. The van der Waals surface area contributed by atoms with Crippen LogP contribution in [0.15, 0.2) is 23.1 Å². The van der Waals surface area contributed by atoms with Crippen LogP contribution in [0.4, 0.5) is 13.2 Å². The van der Waals surface area contributed by atoms with Gasteiger partial charge in [-0.05, 0) is 12.1 Å². The van der Waals surface area contributed by atoms with E-state index in [-0.39, 0.29) is 25.5 Å². The van der Waals surface area contributed by atoms with E-state index in [2.05, 4.69) is 10.1 Å². The second-order valence-corrected chi connectivity index (χ2v) is 7.59. The molecule has 0 radical (unpaired) electrons. The molecule has 0 unspecified atom stereocenters. The van der Waals surface area contributed by atoms with E-state index >= 15 is 0 Å². The first-order chi connectivity index (χ1) is 12.0. The topological polar surface area (TPSA) is 99.2 Å². The van der Waals surface area contributed by atoms with Crippen molar-refractivity contribution in [2.45, 2.75) is 11.3 Å². The van der Waals surface area contributed by atoms with Gasteiger partial charge < -0.3 is 15.2 Å². The molecule has 1 aromatic rings. The maximum atomic E-state index is 12.6. The van der Waals surface area contributed by atoms with E-state index in [1.807, 2.05) is 0 Å². The Labute approximate surface area is 148 Å². The number of phenolic OH excluding ortho intramolecular Hbond substituents is 1. The van der Waals surface area contributed by atoms with Gasteiger partial charge in [-0.2, -0.15) is 4.31 Å². The molecule has 0 saturated carbocycles. The summed E-state index contributed by atoms with van der Waals surface area (Å²) in [4.78, 5) is 12.1. The van der Waals surface area contributed by atoms with E-state index in [0.29, 0.717) is 13.1 Å². The van der Waals surface area contributed by atoms with Gasteiger partial charge in [0.25, 0.3) is 0 Å². The van der Waals surface area contributed by atoms with Gasteiger partial charge in [-0.15, -0.1) is 13.2 Å². The molecule has 0 aliphatic carbocycles. The quantitative estimate of drug-likeness (QED) is 0.719. The number of halogens is 3. The van der Waals surface area contributed by atoms with Gasteiger partial charge in [-0.3, -0.25) is 9.69 Å². The third-order valence-electron chi connectivity index (χ3n) is 3.70. The minimum atomic E-state index is -5.11. The fourth-order valence-corrected chi connectivity index (χ4v) is 3.74. The van der Waals surface area contributed by atoms with Gasteiger partial charge in [-0.25, -0.2) is 8.42 Å². The molecule has 1 aromatic carbocycles. The van der Waals surface area contributed by atoms with Crippen molar-refractivity contribution in [2.24, 2.45) is 0 Å². The zero-order valence-corrected chi connectivity index (χ0v) is 14.6. The van der Waals surface area contributed by atoms with Gasteiger partial charge in [0.1, 0.15) is 5.75 Å². The number of alkyl halides is 3. The zero-order chi connectivity index (χ0) is 19.5. The molecule has 1 fully saturated rings. The molecular formula is C14H18F3N3O5S. The standard InChI is InChI=1S/C14H18F3N3O5S/c1-19(7-8-20-6-5-18-12(22)9-20)26(23,24)13-10(21)3-2-4-11(13)25-14(15,16)17/h2-4,21H,5-9H2,1H3,(H,18,22). The molecule has 0 atom stereocenters. The largest absolute Gasteiger partial charge is 0.573 e. The van der Waals surface area contributed by atoms with Crippen LogP contribution in [-0.4, -0.2) is 74.8 Å². The van der Waals surface area contributed by atoms with Crippen LogP contribution in [-0.2, 0) is 14.8 Å². The summed E-state index contributed by atoms with van der Waals surface area (Å²) in [6.07, 6.45) is -5.11. The lowest BCUT2D eigenvalue weighted by Gasteiger charge is -2.28. The highest BCUT2D eigenvalue weighted by Gasteiger charge is 2.36. The maximum absolute atomic E-state index is 12.6. The molecule has 26 heavy (non-hydrogen) atoms.